The van der Waals surface area contributed by atoms with Crippen molar-refractivity contribution in [3.8, 4) is 5.75 Å². The number of hydrogen-bond acceptors (Lipinski definition) is 5. The molecular weight excluding hydrogens is 392 g/mol. The Hall–Kier alpha value is -1.64. The minimum atomic E-state index is -3.67. The van der Waals surface area contributed by atoms with Crippen molar-refractivity contribution >= 4 is 15.9 Å². The molecule has 1 aromatic rings. The second kappa shape index (κ2) is 8.24. The van der Waals surface area contributed by atoms with Gasteiger partial charge in [0.25, 0.3) is 5.91 Å². The van der Waals surface area contributed by atoms with Crippen LogP contribution in [0.5, 0.6) is 5.75 Å². The smallest absolute Gasteiger partial charge is 0.251 e. The fourth-order valence-corrected chi connectivity index (χ4v) is 6.51. The average Bonchev–Trinajstić information content (AvgIpc) is 3.12. The number of carbonyl (C=O) groups excluding carboxylic acids is 1. The first-order chi connectivity index (χ1) is 13.9. The number of nitrogens with zero attached hydrogens (tertiary/aromatic N) is 2. The Morgan fingerprint density at radius 1 is 1.17 bits per heavy atom. The predicted octanol–water partition coefficient (Wildman–Crippen LogP) is 2.26. The second-order valence-corrected chi connectivity index (χ2v) is 10.4. The van der Waals surface area contributed by atoms with Gasteiger partial charge in [-0.25, -0.2) is 8.42 Å². The predicted molar refractivity (Wildman–Crippen MR) is 108 cm³/mol. The number of rotatable bonds is 3. The van der Waals surface area contributed by atoms with Gasteiger partial charge in [-0.3, -0.25) is 4.79 Å². The van der Waals surface area contributed by atoms with Crippen LogP contribution < -0.4 is 4.74 Å². The molecule has 2 fully saturated rings. The first-order valence-electron chi connectivity index (χ1n) is 10.6. The lowest BCUT2D eigenvalue weighted by Gasteiger charge is -2.32. The molecule has 3 heterocycles. The van der Waals surface area contributed by atoms with Gasteiger partial charge in [-0.05, 0) is 37.3 Å². The maximum Gasteiger partial charge on any atom is 0.251 e. The van der Waals surface area contributed by atoms with Crippen molar-refractivity contribution < 1.29 is 22.7 Å². The standard InChI is InChI=1S/C21H30N2O5S/c1-15(2)14-23-16-9-11-22(21(24)19-7-5-13-27-19)12-10-17(16)28-18-6-3-4-8-20(18)29(23,25)26/h3-4,6,8,15-17,19H,5,7,9-14H2,1-2H3/t16-,17-,19+/m0/s1. The zero-order chi connectivity index (χ0) is 20.6. The summed E-state index contributed by atoms with van der Waals surface area (Å²) in [5, 5.41) is 0. The van der Waals surface area contributed by atoms with Crippen LogP contribution in [0.3, 0.4) is 0 Å². The maximum absolute atomic E-state index is 13.5. The van der Waals surface area contributed by atoms with Gasteiger partial charge in [-0.2, -0.15) is 4.31 Å². The number of hydrogen-bond donors (Lipinski definition) is 0. The molecule has 3 atom stereocenters. The molecule has 3 aliphatic heterocycles. The lowest BCUT2D eigenvalue weighted by Crippen LogP contribution is -2.48. The van der Waals surface area contributed by atoms with Crippen LogP contribution in [0, 0.1) is 5.92 Å². The van der Waals surface area contributed by atoms with Gasteiger partial charge < -0.3 is 14.4 Å². The van der Waals surface area contributed by atoms with E-state index in [9.17, 15) is 13.2 Å². The van der Waals surface area contributed by atoms with Crippen LogP contribution in [0.4, 0.5) is 0 Å². The summed E-state index contributed by atoms with van der Waals surface area (Å²) in [7, 11) is -3.67. The molecule has 1 aromatic carbocycles. The van der Waals surface area contributed by atoms with E-state index in [0.29, 0.717) is 44.8 Å². The fraction of sp³-hybridized carbons (Fsp3) is 0.667. The van der Waals surface area contributed by atoms with Crippen LogP contribution in [-0.2, 0) is 19.6 Å². The van der Waals surface area contributed by atoms with Gasteiger partial charge in [-0.1, -0.05) is 26.0 Å². The van der Waals surface area contributed by atoms with E-state index in [-0.39, 0.29) is 35.0 Å². The van der Waals surface area contributed by atoms with Gasteiger partial charge in [0.05, 0.1) is 6.04 Å². The highest BCUT2D eigenvalue weighted by Crippen LogP contribution is 2.37. The van der Waals surface area contributed by atoms with E-state index in [4.69, 9.17) is 9.47 Å². The molecule has 0 spiro atoms. The van der Waals surface area contributed by atoms with Crippen molar-refractivity contribution in [2.75, 3.05) is 26.2 Å². The Bertz CT molecular complexity index is 850. The van der Waals surface area contributed by atoms with Gasteiger partial charge >= 0.3 is 0 Å². The SMILES string of the molecule is CC(C)CN1[C@H]2CCN(C(=O)[C@H]3CCCO3)CC[C@@H]2Oc2ccccc2S1(=O)=O. The van der Waals surface area contributed by atoms with E-state index in [1.807, 2.05) is 18.7 Å². The number of sulfonamides is 1. The quantitative estimate of drug-likeness (QED) is 0.747. The van der Waals surface area contributed by atoms with Gasteiger partial charge in [-0.15, -0.1) is 0 Å². The molecule has 8 heteroatoms. The summed E-state index contributed by atoms with van der Waals surface area (Å²) in [6, 6.07) is 6.58. The van der Waals surface area contributed by atoms with E-state index < -0.39 is 10.0 Å². The number of ether oxygens (including phenoxy) is 2. The number of fused-ring (bicyclic) bond motifs is 2. The number of carbonyl (C=O) groups is 1. The molecule has 0 N–H and O–H groups in total. The number of likely N-dealkylation sites (tertiary alicyclic amines) is 1. The monoisotopic (exact) mass is 422 g/mol. The zero-order valence-electron chi connectivity index (χ0n) is 17.1. The molecule has 160 valence electrons. The normalized spacial score (nSPS) is 29.5. The van der Waals surface area contributed by atoms with Crippen molar-refractivity contribution in [1.29, 1.82) is 0 Å². The lowest BCUT2D eigenvalue weighted by atomic mass is 10.0. The molecule has 0 radical (unpaired) electrons. The van der Waals surface area contributed by atoms with E-state index in [2.05, 4.69) is 0 Å². The topological polar surface area (TPSA) is 76.2 Å². The fourth-order valence-electron chi connectivity index (χ4n) is 4.55. The van der Waals surface area contributed by atoms with Crippen LogP contribution in [-0.4, -0.2) is 68.0 Å². The molecule has 0 unspecified atom stereocenters. The molecule has 4 rings (SSSR count). The third-order valence-electron chi connectivity index (χ3n) is 5.95. The summed E-state index contributed by atoms with van der Waals surface area (Å²) in [6.45, 7) is 6.18. The van der Waals surface area contributed by atoms with Gasteiger partial charge in [0.1, 0.15) is 22.9 Å². The van der Waals surface area contributed by atoms with Crippen molar-refractivity contribution in [2.45, 2.75) is 62.7 Å². The first-order valence-corrected chi connectivity index (χ1v) is 12.0. The van der Waals surface area contributed by atoms with Crippen molar-refractivity contribution in [2.24, 2.45) is 5.92 Å². The largest absolute Gasteiger partial charge is 0.487 e. The Morgan fingerprint density at radius 2 is 1.93 bits per heavy atom. The molecule has 0 aromatic heterocycles. The van der Waals surface area contributed by atoms with Crippen molar-refractivity contribution in [3.63, 3.8) is 0 Å². The van der Waals surface area contributed by atoms with E-state index in [1.54, 1.807) is 28.6 Å². The maximum atomic E-state index is 13.5. The van der Waals surface area contributed by atoms with Gasteiger partial charge in [0, 0.05) is 32.7 Å². The van der Waals surface area contributed by atoms with E-state index >= 15 is 0 Å². The Labute approximate surface area is 173 Å². The summed E-state index contributed by atoms with van der Waals surface area (Å²) in [5.74, 6) is 0.619. The number of para-hydroxylation sites is 1. The lowest BCUT2D eigenvalue weighted by molar-refractivity contribution is -0.140. The second-order valence-electron chi connectivity index (χ2n) is 8.54. The van der Waals surface area contributed by atoms with Crippen LogP contribution >= 0.6 is 0 Å². The Kier molecular flexibility index (Phi) is 5.86. The van der Waals surface area contributed by atoms with Crippen molar-refractivity contribution in [3.05, 3.63) is 24.3 Å². The van der Waals surface area contributed by atoms with Crippen LogP contribution in [0.2, 0.25) is 0 Å². The molecular formula is C21H30N2O5S. The summed E-state index contributed by atoms with van der Waals surface area (Å²) in [4.78, 5) is 14.9. The molecule has 0 bridgehead atoms. The summed E-state index contributed by atoms with van der Waals surface area (Å²) >= 11 is 0. The van der Waals surface area contributed by atoms with Gasteiger partial charge in [0.15, 0.2) is 0 Å². The summed E-state index contributed by atoms with van der Waals surface area (Å²) in [5.41, 5.74) is 0. The molecule has 1 amide bonds. The van der Waals surface area contributed by atoms with Crippen LogP contribution in [0.1, 0.15) is 39.5 Å². The highest BCUT2D eigenvalue weighted by Gasteiger charge is 2.44. The first kappa shape index (κ1) is 20.6. The van der Waals surface area contributed by atoms with E-state index in [0.717, 1.165) is 12.8 Å². The van der Waals surface area contributed by atoms with Gasteiger partial charge in [0.2, 0.25) is 10.0 Å². The molecule has 7 nitrogen and oxygen atoms in total. The number of amides is 1. The summed E-state index contributed by atoms with van der Waals surface area (Å²) < 4.78 is 40.4. The molecule has 29 heavy (non-hydrogen) atoms. The number of benzene rings is 1. The third-order valence-corrected chi connectivity index (χ3v) is 7.88. The van der Waals surface area contributed by atoms with Crippen LogP contribution in [0.25, 0.3) is 0 Å². The minimum Gasteiger partial charge on any atom is -0.487 e. The zero-order valence-corrected chi connectivity index (χ0v) is 17.9. The molecule has 3 aliphatic rings. The Balaban J connectivity index is 1.64. The Morgan fingerprint density at radius 3 is 2.66 bits per heavy atom. The highest BCUT2D eigenvalue weighted by molar-refractivity contribution is 7.89. The third kappa shape index (κ3) is 4.02. The van der Waals surface area contributed by atoms with Crippen LogP contribution in [0.15, 0.2) is 29.2 Å². The molecule has 2 saturated heterocycles. The molecule has 0 saturated carbocycles. The van der Waals surface area contributed by atoms with Crippen molar-refractivity contribution in [1.82, 2.24) is 9.21 Å². The summed E-state index contributed by atoms with van der Waals surface area (Å²) in [6.07, 6.45) is 2.20. The average molecular weight is 423 g/mol. The highest BCUT2D eigenvalue weighted by atomic mass is 32.2. The van der Waals surface area contributed by atoms with E-state index in [1.165, 1.54) is 0 Å². The minimum absolute atomic E-state index is 0.0256. The molecule has 0 aliphatic carbocycles.